The maximum absolute atomic E-state index is 10.8. The number of hydrogen-bond donors (Lipinski definition) is 1. The van der Waals surface area contributed by atoms with Gasteiger partial charge in [-0.05, 0) is 11.6 Å². The molecule has 19 heavy (non-hydrogen) atoms. The first-order chi connectivity index (χ1) is 8.95. The molecule has 0 radical (unpaired) electrons. The summed E-state index contributed by atoms with van der Waals surface area (Å²) in [5.41, 5.74) is 5.62. The smallest absolute Gasteiger partial charge is 0.288 e. The summed E-state index contributed by atoms with van der Waals surface area (Å²) in [6, 6.07) is 4.22. The SMILES string of the molecule is NCCSC(C[N+](=O)[O-])c1ccc(Cl)c([N+](=O)[O-])c1. The minimum Gasteiger partial charge on any atom is -0.330 e. The van der Waals surface area contributed by atoms with Crippen molar-refractivity contribution in [2.45, 2.75) is 5.25 Å². The highest BCUT2D eigenvalue weighted by Gasteiger charge is 2.22. The minimum atomic E-state index is -0.608. The highest BCUT2D eigenvalue weighted by molar-refractivity contribution is 7.99. The lowest BCUT2D eigenvalue weighted by atomic mass is 10.1. The number of rotatable bonds is 7. The fourth-order valence-corrected chi connectivity index (χ4v) is 2.64. The molecule has 1 unspecified atom stereocenters. The van der Waals surface area contributed by atoms with Crippen LogP contribution in [0.1, 0.15) is 10.8 Å². The van der Waals surface area contributed by atoms with Crippen molar-refractivity contribution in [3.63, 3.8) is 0 Å². The van der Waals surface area contributed by atoms with E-state index in [-0.39, 0.29) is 17.3 Å². The predicted octanol–water partition coefficient (Wildman–Crippen LogP) is 2.26. The lowest BCUT2D eigenvalue weighted by molar-refractivity contribution is -0.479. The molecule has 1 atom stereocenters. The van der Waals surface area contributed by atoms with Crippen molar-refractivity contribution < 1.29 is 9.85 Å². The van der Waals surface area contributed by atoms with Crippen LogP contribution in [-0.4, -0.2) is 28.7 Å². The fraction of sp³-hybridized carbons (Fsp3) is 0.400. The first kappa shape index (κ1) is 15.7. The van der Waals surface area contributed by atoms with Crippen LogP contribution in [0.5, 0.6) is 0 Å². The van der Waals surface area contributed by atoms with E-state index in [1.807, 2.05) is 0 Å². The van der Waals surface area contributed by atoms with Gasteiger partial charge in [0.25, 0.3) is 5.69 Å². The van der Waals surface area contributed by atoms with E-state index in [0.29, 0.717) is 17.9 Å². The normalized spacial score (nSPS) is 12.1. The fourth-order valence-electron chi connectivity index (χ4n) is 1.47. The molecule has 104 valence electrons. The second-order valence-corrected chi connectivity index (χ2v) is 5.35. The van der Waals surface area contributed by atoms with Crippen LogP contribution in [0.25, 0.3) is 0 Å². The molecule has 9 heteroatoms. The standard InChI is InChI=1S/C10H12ClN3O4S/c11-8-2-1-7(5-9(8)14(17)18)10(6-13(15)16)19-4-3-12/h1-2,5,10H,3-4,6,12H2. The van der Waals surface area contributed by atoms with Crippen LogP contribution < -0.4 is 5.73 Å². The summed E-state index contributed by atoms with van der Waals surface area (Å²) in [6.07, 6.45) is 0. The van der Waals surface area contributed by atoms with Crippen LogP contribution in [0.3, 0.4) is 0 Å². The molecule has 0 heterocycles. The zero-order chi connectivity index (χ0) is 14.4. The highest BCUT2D eigenvalue weighted by atomic mass is 35.5. The van der Waals surface area contributed by atoms with Crippen LogP contribution in [0.4, 0.5) is 5.69 Å². The molecule has 2 N–H and O–H groups in total. The quantitative estimate of drug-likeness (QED) is 0.610. The molecular formula is C10H12ClN3O4S. The lowest BCUT2D eigenvalue weighted by Gasteiger charge is -2.12. The van der Waals surface area contributed by atoms with E-state index in [4.69, 9.17) is 17.3 Å². The number of nitrogens with zero attached hydrogens (tertiary/aromatic N) is 2. The molecule has 7 nitrogen and oxygen atoms in total. The number of nitro groups is 2. The van der Waals surface area contributed by atoms with Crippen molar-refractivity contribution in [3.8, 4) is 0 Å². The van der Waals surface area contributed by atoms with Crippen molar-refractivity contribution in [2.24, 2.45) is 5.73 Å². The van der Waals surface area contributed by atoms with Crippen LogP contribution in [-0.2, 0) is 0 Å². The first-order valence-corrected chi connectivity index (χ1v) is 6.75. The Bertz CT molecular complexity index is 486. The van der Waals surface area contributed by atoms with Gasteiger partial charge in [0.2, 0.25) is 6.54 Å². The Morgan fingerprint density at radius 3 is 2.58 bits per heavy atom. The average molecular weight is 306 g/mol. The first-order valence-electron chi connectivity index (χ1n) is 5.33. The molecular weight excluding hydrogens is 294 g/mol. The Kier molecular flexibility index (Phi) is 6.00. The number of nitrogens with two attached hydrogens (primary N) is 1. The molecule has 1 rings (SSSR count). The zero-order valence-electron chi connectivity index (χ0n) is 9.82. The van der Waals surface area contributed by atoms with E-state index in [9.17, 15) is 20.2 Å². The summed E-state index contributed by atoms with van der Waals surface area (Å²) in [5, 5.41) is 21.0. The van der Waals surface area contributed by atoms with Crippen molar-refractivity contribution in [3.05, 3.63) is 49.0 Å². The molecule has 0 aromatic heterocycles. The van der Waals surface area contributed by atoms with Crippen LogP contribution in [0, 0.1) is 20.2 Å². The van der Waals surface area contributed by atoms with Gasteiger partial charge in [-0.15, -0.1) is 11.8 Å². The Morgan fingerprint density at radius 1 is 1.37 bits per heavy atom. The van der Waals surface area contributed by atoms with E-state index in [0.717, 1.165) is 0 Å². The van der Waals surface area contributed by atoms with Gasteiger partial charge in [0, 0.05) is 23.3 Å². The number of hydrogen-bond acceptors (Lipinski definition) is 6. The molecule has 1 aromatic rings. The van der Waals surface area contributed by atoms with Gasteiger partial charge >= 0.3 is 0 Å². The van der Waals surface area contributed by atoms with Crippen LogP contribution >= 0.6 is 23.4 Å². The van der Waals surface area contributed by atoms with Gasteiger partial charge in [-0.25, -0.2) is 0 Å². The Balaban J connectivity index is 3.03. The maximum atomic E-state index is 10.8. The van der Waals surface area contributed by atoms with E-state index >= 15 is 0 Å². The van der Waals surface area contributed by atoms with E-state index in [2.05, 4.69) is 0 Å². The third kappa shape index (κ3) is 4.66. The van der Waals surface area contributed by atoms with Gasteiger partial charge in [-0.1, -0.05) is 17.7 Å². The number of nitro benzene ring substituents is 1. The van der Waals surface area contributed by atoms with Crippen LogP contribution in [0.15, 0.2) is 18.2 Å². The molecule has 0 spiro atoms. The predicted molar refractivity (Wildman–Crippen MR) is 74.2 cm³/mol. The second-order valence-electron chi connectivity index (χ2n) is 3.63. The average Bonchev–Trinajstić information content (AvgIpc) is 2.34. The topological polar surface area (TPSA) is 112 Å². The number of halogens is 1. The maximum Gasteiger partial charge on any atom is 0.288 e. The van der Waals surface area contributed by atoms with E-state index < -0.39 is 15.1 Å². The third-order valence-corrected chi connectivity index (χ3v) is 3.91. The van der Waals surface area contributed by atoms with Gasteiger partial charge in [0.05, 0.1) is 10.2 Å². The number of benzene rings is 1. The largest absolute Gasteiger partial charge is 0.330 e. The van der Waals surface area contributed by atoms with E-state index in [1.165, 1.54) is 23.9 Å². The summed E-state index contributed by atoms with van der Waals surface area (Å²) in [4.78, 5) is 20.4. The second kappa shape index (κ2) is 7.27. The zero-order valence-corrected chi connectivity index (χ0v) is 11.4. The van der Waals surface area contributed by atoms with Gasteiger partial charge in [-0.2, -0.15) is 0 Å². The summed E-state index contributed by atoms with van der Waals surface area (Å²) >= 11 is 7.00. The van der Waals surface area contributed by atoms with Gasteiger partial charge in [-0.3, -0.25) is 20.2 Å². The number of thioether (sulfide) groups is 1. The Morgan fingerprint density at radius 2 is 2.05 bits per heavy atom. The van der Waals surface area contributed by atoms with Crippen molar-refractivity contribution in [2.75, 3.05) is 18.8 Å². The van der Waals surface area contributed by atoms with Crippen LogP contribution in [0.2, 0.25) is 5.02 Å². The van der Waals surface area contributed by atoms with Gasteiger partial charge in [0.1, 0.15) is 5.02 Å². The molecule has 1 aromatic carbocycles. The molecule has 0 amide bonds. The lowest BCUT2D eigenvalue weighted by Crippen LogP contribution is -2.12. The van der Waals surface area contributed by atoms with E-state index in [1.54, 1.807) is 6.07 Å². The van der Waals surface area contributed by atoms with Gasteiger partial charge in [0.15, 0.2) is 0 Å². The van der Waals surface area contributed by atoms with Gasteiger partial charge < -0.3 is 5.73 Å². The summed E-state index contributed by atoms with van der Waals surface area (Å²) in [5.74, 6) is 0.537. The third-order valence-electron chi connectivity index (χ3n) is 2.29. The summed E-state index contributed by atoms with van der Waals surface area (Å²) < 4.78 is 0. The monoisotopic (exact) mass is 305 g/mol. The summed E-state index contributed by atoms with van der Waals surface area (Å²) in [7, 11) is 0. The van der Waals surface area contributed by atoms with Crippen molar-refractivity contribution >= 4 is 29.1 Å². The molecule has 0 bridgehead atoms. The van der Waals surface area contributed by atoms with Crippen molar-refractivity contribution in [1.82, 2.24) is 0 Å². The highest BCUT2D eigenvalue weighted by Crippen LogP contribution is 2.33. The Labute approximate surface area is 118 Å². The minimum absolute atomic E-state index is 0.0115. The summed E-state index contributed by atoms with van der Waals surface area (Å²) in [6.45, 7) is 0.0675. The Hall–Kier alpha value is -1.38. The molecule has 0 saturated heterocycles. The molecule has 0 fully saturated rings. The molecule has 0 saturated carbocycles. The molecule has 0 aliphatic carbocycles. The molecule has 0 aliphatic rings. The molecule has 0 aliphatic heterocycles. The van der Waals surface area contributed by atoms with Crippen molar-refractivity contribution in [1.29, 1.82) is 0 Å².